The number of hydrogen-bond donors (Lipinski definition) is 0. The van der Waals surface area contributed by atoms with Crippen molar-refractivity contribution in [3.63, 3.8) is 0 Å². The van der Waals surface area contributed by atoms with Crippen molar-refractivity contribution in [1.82, 2.24) is 0 Å². The molecule has 0 spiro atoms. The van der Waals surface area contributed by atoms with Crippen LogP contribution in [0.3, 0.4) is 0 Å². The smallest absolute Gasteiger partial charge is 0.0808 e. The average Bonchev–Trinajstić information content (AvgIpc) is 2.90. The summed E-state index contributed by atoms with van der Waals surface area (Å²) in [6, 6.07) is 0. The minimum absolute atomic E-state index is 0. The molecule has 0 saturated heterocycles. The van der Waals surface area contributed by atoms with Crippen molar-refractivity contribution >= 4 is 0 Å². The van der Waals surface area contributed by atoms with Gasteiger partial charge in [-0.25, -0.2) is 0 Å². The van der Waals surface area contributed by atoms with Crippen molar-refractivity contribution in [3.05, 3.63) is 48.1 Å². The van der Waals surface area contributed by atoms with Crippen molar-refractivity contribution in [3.8, 4) is 0 Å². The molecule has 0 bridgehead atoms. The van der Waals surface area contributed by atoms with Crippen molar-refractivity contribution < 1.29 is 17.1 Å². The molecule has 2 aliphatic carbocycles. The number of hydrogen-bond acceptors (Lipinski definition) is 0. The molecule has 2 aliphatic rings. The second-order valence-corrected chi connectivity index (χ2v) is 3.65. The van der Waals surface area contributed by atoms with Gasteiger partial charge in [0.1, 0.15) is 0 Å². The van der Waals surface area contributed by atoms with E-state index in [1.165, 1.54) is 25.7 Å². The molecule has 0 nitrogen and oxygen atoms in total. The van der Waals surface area contributed by atoms with Crippen LogP contribution < -0.4 is 0 Å². The van der Waals surface area contributed by atoms with Crippen LogP contribution >= 0.6 is 0 Å². The minimum atomic E-state index is 0. The van der Waals surface area contributed by atoms with Gasteiger partial charge < -0.3 is 0 Å². The zero-order valence-corrected chi connectivity index (χ0v) is 10.5. The molecule has 15 heavy (non-hydrogen) atoms. The fraction of sp³-hybridized carbons (Fsp3) is 0.429. The van der Waals surface area contributed by atoms with Crippen LogP contribution in [0, 0.1) is 0 Å². The molecule has 0 aliphatic heterocycles. The van der Waals surface area contributed by atoms with Gasteiger partial charge in [-0.3, -0.25) is 0 Å². The van der Waals surface area contributed by atoms with Gasteiger partial charge in [-0.05, 0) is 25.7 Å². The summed E-state index contributed by atoms with van der Waals surface area (Å²) in [5.41, 5.74) is 1.61. The molecule has 0 unspecified atom stereocenters. The van der Waals surface area contributed by atoms with E-state index in [-0.39, 0.29) is 17.1 Å². The molecule has 0 amide bonds. The molecule has 1 heteroatoms. The Morgan fingerprint density at radius 2 is 1.80 bits per heavy atom. The average molecular weight is 244 g/mol. The number of rotatable bonds is 3. The number of unbranched alkanes of at least 4 members (excludes halogenated alkanes) is 1. The molecule has 0 aromatic rings. The Hall–Kier alpha value is -0.521. The Kier molecular flexibility index (Phi) is 9.67. The van der Waals surface area contributed by atoms with Gasteiger partial charge in [-0.15, -0.1) is 0 Å². The fourth-order valence-electron chi connectivity index (χ4n) is 1.47. The molecule has 0 heterocycles. The molecular formula is C14H20Fe+2. The Balaban J connectivity index is 0.000000280. The maximum atomic E-state index is 2.25. The first-order valence-electron chi connectivity index (χ1n) is 5.59. The van der Waals surface area contributed by atoms with E-state index < -0.39 is 0 Å². The van der Waals surface area contributed by atoms with Gasteiger partial charge >= 0.3 is 17.1 Å². The van der Waals surface area contributed by atoms with E-state index in [4.69, 9.17) is 0 Å². The summed E-state index contributed by atoms with van der Waals surface area (Å²) in [7, 11) is 0. The summed E-state index contributed by atoms with van der Waals surface area (Å²) in [4.78, 5) is 0. The van der Waals surface area contributed by atoms with Gasteiger partial charge in [-0.2, -0.15) is 0 Å². The minimum Gasteiger partial charge on any atom is -0.0808 e. The van der Waals surface area contributed by atoms with Gasteiger partial charge in [0.2, 0.25) is 0 Å². The van der Waals surface area contributed by atoms with E-state index in [0.29, 0.717) is 0 Å². The predicted molar refractivity (Wildman–Crippen MR) is 64.3 cm³/mol. The van der Waals surface area contributed by atoms with Crippen LogP contribution in [0.5, 0.6) is 0 Å². The molecule has 0 aromatic heterocycles. The first-order chi connectivity index (χ1) is 6.93. The van der Waals surface area contributed by atoms with Crippen LogP contribution in [0.25, 0.3) is 0 Å². The summed E-state index contributed by atoms with van der Waals surface area (Å²) in [6.07, 6.45) is 21.3. The van der Waals surface area contributed by atoms with Crippen LogP contribution in [0.2, 0.25) is 0 Å². The van der Waals surface area contributed by atoms with E-state index >= 15 is 0 Å². The molecular weight excluding hydrogens is 224 g/mol. The van der Waals surface area contributed by atoms with E-state index in [9.17, 15) is 0 Å². The van der Waals surface area contributed by atoms with Gasteiger partial charge in [-0.1, -0.05) is 61.4 Å². The molecule has 0 aromatic carbocycles. The van der Waals surface area contributed by atoms with Crippen LogP contribution in [-0.4, -0.2) is 0 Å². The van der Waals surface area contributed by atoms with Gasteiger partial charge in [0.15, 0.2) is 0 Å². The fourth-order valence-corrected chi connectivity index (χ4v) is 1.47. The molecule has 0 fully saturated rings. The summed E-state index contributed by atoms with van der Waals surface area (Å²) >= 11 is 0. The third-order valence-corrected chi connectivity index (χ3v) is 2.35. The summed E-state index contributed by atoms with van der Waals surface area (Å²) < 4.78 is 0. The number of allylic oxidation sites excluding steroid dienone is 8. The third-order valence-electron chi connectivity index (χ3n) is 2.35. The first-order valence-corrected chi connectivity index (χ1v) is 5.59. The zero-order valence-electron chi connectivity index (χ0n) is 9.43. The van der Waals surface area contributed by atoms with Gasteiger partial charge in [0, 0.05) is 0 Å². The van der Waals surface area contributed by atoms with E-state index in [1.807, 2.05) is 0 Å². The van der Waals surface area contributed by atoms with E-state index in [1.54, 1.807) is 5.57 Å². The van der Waals surface area contributed by atoms with Crippen LogP contribution in [-0.2, 0) is 17.1 Å². The van der Waals surface area contributed by atoms with Crippen LogP contribution in [0.15, 0.2) is 48.1 Å². The summed E-state index contributed by atoms with van der Waals surface area (Å²) in [5.74, 6) is 0. The van der Waals surface area contributed by atoms with Crippen LogP contribution in [0.4, 0.5) is 0 Å². The first kappa shape index (κ1) is 14.5. The Morgan fingerprint density at radius 1 is 1.07 bits per heavy atom. The Bertz CT molecular complexity index is 247. The molecule has 2 rings (SSSR count). The maximum Gasteiger partial charge on any atom is 2.00 e. The Labute approximate surface area is 104 Å². The maximum absolute atomic E-state index is 2.25. The Morgan fingerprint density at radius 3 is 2.20 bits per heavy atom. The summed E-state index contributed by atoms with van der Waals surface area (Å²) in [6.45, 7) is 2.24. The summed E-state index contributed by atoms with van der Waals surface area (Å²) in [5, 5.41) is 0. The molecule has 0 saturated carbocycles. The van der Waals surface area contributed by atoms with Crippen molar-refractivity contribution in [2.75, 3.05) is 0 Å². The van der Waals surface area contributed by atoms with E-state index in [2.05, 4.69) is 49.5 Å². The zero-order chi connectivity index (χ0) is 10.1. The van der Waals surface area contributed by atoms with Crippen LogP contribution in [0.1, 0.15) is 39.0 Å². The normalized spacial score (nSPS) is 15.7. The molecule has 82 valence electrons. The van der Waals surface area contributed by atoms with Crippen molar-refractivity contribution in [1.29, 1.82) is 0 Å². The monoisotopic (exact) mass is 244 g/mol. The topological polar surface area (TPSA) is 0 Å². The molecule has 0 radical (unpaired) electrons. The predicted octanol–water partition coefficient (Wildman–Crippen LogP) is 4.56. The van der Waals surface area contributed by atoms with Crippen molar-refractivity contribution in [2.24, 2.45) is 0 Å². The second-order valence-electron chi connectivity index (χ2n) is 3.65. The SMILES string of the molecule is C1=CCC=C1.CCCCC1=CC=CC1.[Fe+2]. The van der Waals surface area contributed by atoms with E-state index in [0.717, 1.165) is 6.42 Å². The molecule has 0 atom stereocenters. The standard InChI is InChI=1S/C9H14.C5H6.Fe/c1-2-3-6-9-7-4-5-8-9;1-2-4-5-3-1;/h4-5,7H,2-3,6,8H2,1H3;1-4H,5H2;/q;;+2. The second kappa shape index (κ2) is 10.0. The van der Waals surface area contributed by atoms with Crippen molar-refractivity contribution in [2.45, 2.75) is 39.0 Å². The van der Waals surface area contributed by atoms with Gasteiger partial charge in [0.25, 0.3) is 0 Å². The third kappa shape index (κ3) is 7.41. The largest absolute Gasteiger partial charge is 2.00 e. The quantitative estimate of drug-likeness (QED) is 0.638. The molecule has 0 N–H and O–H groups in total. The van der Waals surface area contributed by atoms with Gasteiger partial charge in [0.05, 0.1) is 0 Å².